The van der Waals surface area contributed by atoms with Crippen LogP contribution in [0.25, 0.3) is 0 Å². The molecule has 0 unspecified atom stereocenters. The molecule has 92 valence electrons. The summed E-state index contributed by atoms with van der Waals surface area (Å²) < 4.78 is 25.9. The number of amides is 1. The van der Waals surface area contributed by atoms with Gasteiger partial charge in [0.1, 0.15) is 11.6 Å². The van der Waals surface area contributed by atoms with Crippen LogP contribution in [0.3, 0.4) is 0 Å². The van der Waals surface area contributed by atoms with Gasteiger partial charge in [-0.05, 0) is 18.2 Å². The smallest absolute Gasteiger partial charge is 0.258 e. The van der Waals surface area contributed by atoms with Gasteiger partial charge in [-0.2, -0.15) is 0 Å². The monoisotopic (exact) mass is 268 g/mol. The van der Waals surface area contributed by atoms with Crippen LogP contribution in [0, 0.1) is 11.6 Å². The average molecular weight is 269 g/mol. The van der Waals surface area contributed by atoms with Crippen LogP contribution in [0.5, 0.6) is 0 Å². The molecule has 3 nitrogen and oxygen atoms in total. The average Bonchev–Trinajstić information content (AvgIpc) is 2.27. The first-order valence-corrected chi connectivity index (χ1v) is 5.31. The van der Waals surface area contributed by atoms with Crippen molar-refractivity contribution in [3.8, 4) is 0 Å². The van der Waals surface area contributed by atoms with Crippen LogP contribution in [0.2, 0.25) is 5.02 Å². The van der Waals surface area contributed by atoms with E-state index in [1.807, 2.05) is 0 Å². The number of nitrogens with one attached hydrogen (secondary N) is 1. The number of anilines is 1. The molecule has 2 rings (SSSR count). The number of benzene rings is 1. The molecule has 6 heteroatoms. The fourth-order valence-corrected chi connectivity index (χ4v) is 1.56. The van der Waals surface area contributed by atoms with E-state index in [-0.39, 0.29) is 16.3 Å². The molecule has 0 radical (unpaired) electrons. The molecule has 2 aromatic rings. The molecule has 0 atom stereocenters. The highest BCUT2D eigenvalue weighted by molar-refractivity contribution is 6.34. The summed E-state index contributed by atoms with van der Waals surface area (Å²) in [5.41, 5.74) is 0.140. The predicted octanol–water partition coefficient (Wildman–Crippen LogP) is 3.27. The lowest BCUT2D eigenvalue weighted by Gasteiger charge is -2.06. The fraction of sp³-hybridized carbons (Fsp3) is 0. The van der Waals surface area contributed by atoms with Crippen LogP contribution in [-0.2, 0) is 0 Å². The molecule has 18 heavy (non-hydrogen) atoms. The Morgan fingerprint density at radius 3 is 2.50 bits per heavy atom. The number of carbonyl (C=O) groups is 1. The molecule has 0 saturated heterocycles. The summed E-state index contributed by atoms with van der Waals surface area (Å²) >= 11 is 5.80. The Bertz CT molecular complexity index is 584. The van der Waals surface area contributed by atoms with E-state index in [9.17, 15) is 13.6 Å². The zero-order chi connectivity index (χ0) is 13.1. The van der Waals surface area contributed by atoms with Crippen LogP contribution in [0.4, 0.5) is 14.5 Å². The van der Waals surface area contributed by atoms with E-state index in [1.54, 1.807) is 0 Å². The maximum absolute atomic E-state index is 12.9. The van der Waals surface area contributed by atoms with Gasteiger partial charge in [-0.3, -0.25) is 9.78 Å². The highest BCUT2D eigenvalue weighted by Crippen LogP contribution is 2.17. The van der Waals surface area contributed by atoms with Gasteiger partial charge in [-0.1, -0.05) is 11.6 Å². The van der Waals surface area contributed by atoms with E-state index in [4.69, 9.17) is 11.6 Å². The Morgan fingerprint density at radius 1 is 1.22 bits per heavy atom. The van der Waals surface area contributed by atoms with E-state index in [1.165, 1.54) is 18.5 Å². The van der Waals surface area contributed by atoms with Crippen LogP contribution in [0.1, 0.15) is 10.4 Å². The third kappa shape index (κ3) is 2.81. The second kappa shape index (κ2) is 5.10. The Morgan fingerprint density at radius 2 is 1.89 bits per heavy atom. The van der Waals surface area contributed by atoms with Gasteiger partial charge < -0.3 is 5.32 Å². The van der Waals surface area contributed by atoms with Crippen molar-refractivity contribution in [1.29, 1.82) is 0 Å². The normalized spacial score (nSPS) is 10.2. The summed E-state index contributed by atoms with van der Waals surface area (Å²) in [6.45, 7) is 0. The molecule has 0 aliphatic rings. The molecular formula is C12H7ClF2N2O. The molecular weight excluding hydrogens is 262 g/mol. The minimum atomic E-state index is -0.775. The molecule has 0 saturated carbocycles. The molecule has 1 aromatic heterocycles. The summed E-state index contributed by atoms with van der Waals surface area (Å²) in [6, 6.07) is 4.17. The topological polar surface area (TPSA) is 42.0 Å². The summed E-state index contributed by atoms with van der Waals surface area (Å²) in [5.74, 6) is -2.14. The second-order valence-corrected chi connectivity index (χ2v) is 3.87. The number of nitrogens with zero attached hydrogens (tertiary/aromatic N) is 1. The van der Waals surface area contributed by atoms with Crippen molar-refractivity contribution >= 4 is 23.2 Å². The highest BCUT2D eigenvalue weighted by atomic mass is 35.5. The lowest BCUT2D eigenvalue weighted by Crippen LogP contribution is -2.13. The van der Waals surface area contributed by atoms with Crippen LogP contribution >= 0.6 is 11.6 Å². The SMILES string of the molecule is O=C(Nc1cc(F)cc(F)c1)c1cnccc1Cl. The number of aromatic nitrogens is 1. The number of hydrogen-bond acceptors (Lipinski definition) is 2. The van der Waals surface area contributed by atoms with Crippen molar-refractivity contribution in [2.24, 2.45) is 0 Å². The molecule has 0 aliphatic carbocycles. The van der Waals surface area contributed by atoms with E-state index < -0.39 is 17.5 Å². The van der Waals surface area contributed by atoms with E-state index in [0.717, 1.165) is 12.1 Å². The van der Waals surface area contributed by atoms with Crippen molar-refractivity contribution in [2.75, 3.05) is 5.32 Å². The van der Waals surface area contributed by atoms with Crippen molar-refractivity contribution in [3.63, 3.8) is 0 Å². The first kappa shape index (κ1) is 12.4. The largest absolute Gasteiger partial charge is 0.322 e. The Hall–Kier alpha value is -2.01. The van der Waals surface area contributed by atoms with Crippen LogP contribution in [0.15, 0.2) is 36.7 Å². The lowest BCUT2D eigenvalue weighted by atomic mass is 10.2. The molecule has 1 aromatic carbocycles. The van der Waals surface area contributed by atoms with Crippen molar-refractivity contribution in [1.82, 2.24) is 4.98 Å². The molecule has 0 aliphatic heterocycles. The summed E-state index contributed by atoms with van der Waals surface area (Å²) in [5, 5.41) is 2.55. The van der Waals surface area contributed by atoms with E-state index in [0.29, 0.717) is 6.07 Å². The maximum atomic E-state index is 12.9. The lowest BCUT2D eigenvalue weighted by molar-refractivity contribution is 0.102. The first-order chi connectivity index (χ1) is 8.56. The zero-order valence-corrected chi connectivity index (χ0v) is 9.71. The van der Waals surface area contributed by atoms with Gasteiger partial charge in [-0.15, -0.1) is 0 Å². The number of rotatable bonds is 2. The molecule has 0 fully saturated rings. The van der Waals surface area contributed by atoms with Gasteiger partial charge in [0.2, 0.25) is 0 Å². The van der Waals surface area contributed by atoms with Crippen LogP contribution < -0.4 is 5.32 Å². The Kier molecular flexibility index (Phi) is 3.53. The summed E-state index contributed by atoms with van der Waals surface area (Å²) in [7, 11) is 0. The van der Waals surface area contributed by atoms with Crippen LogP contribution in [-0.4, -0.2) is 10.9 Å². The van der Waals surface area contributed by atoms with Crippen molar-refractivity contribution in [3.05, 3.63) is 58.9 Å². The molecule has 1 heterocycles. The number of halogens is 3. The Labute approximate surface area is 106 Å². The first-order valence-electron chi connectivity index (χ1n) is 4.93. The summed E-state index contributed by atoms with van der Waals surface area (Å²) in [4.78, 5) is 15.5. The van der Waals surface area contributed by atoms with Crippen molar-refractivity contribution < 1.29 is 13.6 Å². The molecule has 0 spiro atoms. The molecule has 0 bridgehead atoms. The third-order valence-corrected chi connectivity index (χ3v) is 2.46. The van der Waals surface area contributed by atoms with E-state index >= 15 is 0 Å². The number of hydrogen-bond donors (Lipinski definition) is 1. The minimum Gasteiger partial charge on any atom is -0.322 e. The zero-order valence-electron chi connectivity index (χ0n) is 8.95. The van der Waals surface area contributed by atoms with E-state index in [2.05, 4.69) is 10.3 Å². The third-order valence-electron chi connectivity index (χ3n) is 2.13. The number of pyridine rings is 1. The summed E-state index contributed by atoms with van der Waals surface area (Å²) in [6.07, 6.45) is 2.70. The van der Waals surface area contributed by atoms with Gasteiger partial charge in [0.25, 0.3) is 5.91 Å². The predicted molar refractivity (Wildman–Crippen MR) is 63.6 cm³/mol. The Balaban J connectivity index is 2.24. The van der Waals surface area contributed by atoms with Gasteiger partial charge in [0, 0.05) is 24.1 Å². The highest BCUT2D eigenvalue weighted by Gasteiger charge is 2.11. The van der Waals surface area contributed by atoms with Gasteiger partial charge in [-0.25, -0.2) is 8.78 Å². The fourth-order valence-electron chi connectivity index (χ4n) is 1.37. The molecule has 1 N–H and O–H groups in total. The number of carbonyl (C=O) groups excluding carboxylic acids is 1. The van der Waals surface area contributed by atoms with Gasteiger partial charge in [0.15, 0.2) is 0 Å². The maximum Gasteiger partial charge on any atom is 0.258 e. The van der Waals surface area contributed by atoms with Gasteiger partial charge >= 0.3 is 0 Å². The second-order valence-electron chi connectivity index (χ2n) is 3.47. The minimum absolute atomic E-state index is 0.0115. The molecule has 1 amide bonds. The standard InChI is InChI=1S/C12H7ClF2N2O/c13-11-1-2-16-6-10(11)12(18)17-9-4-7(14)3-8(15)5-9/h1-6H,(H,17,18). The van der Waals surface area contributed by atoms with Crippen molar-refractivity contribution in [2.45, 2.75) is 0 Å². The van der Waals surface area contributed by atoms with Gasteiger partial charge in [0.05, 0.1) is 10.6 Å². The quantitative estimate of drug-likeness (QED) is 0.908.